The van der Waals surface area contributed by atoms with Crippen LogP contribution in [-0.2, 0) is 16.6 Å². The third-order valence-electron chi connectivity index (χ3n) is 3.80. The van der Waals surface area contributed by atoms with Gasteiger partial charge >= 0.3 is 0 Å². The summed E-state index contributed by atoms with van der Waals surface area (Å²) in [5.74, 6) is -0.233. The number of carbonyl (C=O) groups is 1. The molecule has 25 heavy (non-hydrogen) atoms. The number of rotatable bonds is 9. The van der Waals surface area contributed by atoms with Gasteiger partial charge in [0.15, 0.2) is 0 Å². The summed E-state index contributed by atoms with van der Waals surface area (Å²) in [6.07, 6.45) is 2.84. The number of sulfonamides is 1. The molecule has 0 bridgehead atoms. The van der Waals surface area contributed by atoms with E-state index in [4.69, 9.17) is 0 Å². The lowest BCUT2D eigenvalue weighted by atomic mass is 10.2. The largest absolute Gasteiger partial charge is 0.348 e. The third kappa shape index (κ3) is 5.99. The quantitative estimate of drug-likeness (QED) is 0.675. The number of nitrogens with one attached hydrogen (secondary N) is 2. The first-order valence-corrected chi connectivity index (χ1v) is 9.93. The summed E-state index contributed by atoms with van der Waals surface area (Å²) < 4.78 is 26.9. The standard InChI is InChI=1S/C19H24N2O3S/c1-2-3-7-14-21-25(23,24)18-12-10-17(11-13-18)19(22)20-15-16-8-5-4-6-9-16/h4-6,8-13,21H,2-3,7,14-15H2,1H3,(H,20,22). The summed E-state index contributed by atoms with van der Waals surface area (Å²) in [6, 6.07) is 15.6. The molecule has 0 aliphatic carbocycles. The summed E-state index contributed by atoms with van der Waals surface area (Å²) in [6.45, 7) is 2.92. The van der Waals surface area contributed by atoms with Gasteiger partial charge in [-0.15, -0.1) is 0 Å². The second-order valence-corrected chi connectivity index (χ2v) is 7.56. The SMILES string of the molecule is CCCCCNS(=O)(=O)c1ccc(C(=O)NCc2ccccc2)cc1. The predicted octanol–water partition coefficient (Wildman–Crippen LogP) is 3.09. The Morgan fingerprint density at radius 2 is 1.64 bits per heavy atom. The Hall–Kier alpha value is -2.18. The maximum absolute atomic E-state index is 12.2. The van der Waals surface area contributed by atoms with Crippen LogP contribution in [0.3, 0.4) is 0 Å². The highest BCUT2D eigenvalue weighted by atomic mass is 32.2. The van der Waals surface area contributed by atoms with Crippen LogP contribution in [0.15, 0.2) is 59.5 Å². The molecule has 0 aliphatic heterocycles. The third-order valence-corrected chi connectivity index (χ3v) is 5.27. The molecule has 6 heteroatoms. The normalized spacial score (nSPS) is 11.2. The number of benzene rings is 2. The molecule has 0 heterocycles. The molecular formula is C19H24N2O3S. The van der Waals surface area contributed by atoms with Crippen molar-refractivity contribution in [2.75, 3.05) is 6.54 Å². The molecule has 0 unspecified atom stereocenters. The lowest BCUT2D eigenvalue weighted by Gasteiger charge is -2.08. The number of amides is 1. The van der Waals surface area contributed by atoms with Crippen molar-refractivity contribution in [2.45, 2.75) is 37.6 Å². The zero-order valence-corrected chi connectivity index (χ0v) is 15.2. The fourth-order valence-electron chi connectivity index (χ4n) is 2.33. The van der Waals surface area contributed by atoms with Crippen molar-refractivity contribution in [1.82, 2.24) is 10.0 Å². The van der Waals surface area contributed by atoms with Crippen molar-refractivity contribution in [3.63, 3.8) is 0 Å². The Kier molecular flexibility index (Phi) is 7.16. The summed E-state index contributed by atoms with van der Waals surface area (Å²) in [7, 11) is -3.52. The van der Waals surface area contributed by atoms with E-state index >= 15 is 0 Å². The lowest BCUT2D eigenvalue weighted by Crippen LogP contribution is -2.25. The molecule has 0 aromatic heterocycles. The summed E-state index contributed by atoms with van der Waals surface area (Å²) in [4.78, 5) is 12.3. The van der Waals surface area contributed by atoms with Crippen molar-refractivity contribution >= 4 is 15.9 Å². The van der Waals surface area contributed by atoms with Gasteiger partial charge in [0.2, 0.25) is 10.0 Å². The number of carbonyl (C=O) groups excluding carboxylic acids is 1. The van der Waals surface area contributed by atoms with Gasteiger partial charge in [0, 0.05) is 18.7 Å². The molecule has 0 radical (unpaired) electrons. The molecule has 2 aromatic rings. The van der Waals surface area contributed by atoms with Crippen molar-refractivity contribution in [3.05, 3.63) is 65.7 Å². The minimum atomic E-state index is -3.52. The van der Waals surface area contributed by atoms with Crippen LogP contribution in [0.4, 0.5) is 0 Å². The second kappa shape index (κ2) is 9.34. The summed E-state index contributed by atoms with van der Waals surface area (Å²) in [5, 5.41) is 2.82. The Balaban J connectivity index is 1.93. The zero-order valence-electron chi connectivity index (χ0n) is 14.4. The molecule has 2 aromatic carbocycles. The zero-order chi connectivity index (χ0) is 18.1. The lowest BCUT2D eigenvalue weighted by molar-refractivity contribution is 0.0951. The molecule has 0 spiro atoms. The Bertz CT molecular complexity index is 772. The average Bonchev–Trinajstić information content (AvgIpc) is 2.64. The fourth-order valence-corrected chi connectivity index (χ4v) is 3.40. The molecule has 0 saturated heterocycles. The molecular weight excluding hydrogens is 336 g/mol. The molecule has 2 rings (SSSR count). The van der Waals surface area contributed by atoms with Crippen molar-refractivity contribution < 1.29 is 13.2 Å². The Morgan fingerprint density at radius 1 is 0.960 bits per heavy atom. The highest BCUT2D eigenvalue weighted by Crippen LogP contribution is 2.11. The topological polar surface area (TPSA) is 75.3 Å². The molecule has 134 valence electrons. The fraction of sp³-hybridized carbons (Fsp3) is 0.316. The van der Waals surface area contributed by atoms with Crippen LogP contribution in [0.5, 0.6) is 0 Å². The van der Waals surface area contributed by atoms with Crippen molar-refractivity contribution in [2.24, 2.45) is 0 Å². The van der Waals surface area contributed by atoms with Gasteiger partial charge in [-0.05, 0) is 36.2 Å². The van der Waals surface area contributed by atoms with E-state index in [1.165, 1.54) is 24.3 Å². The van der Waals surface area contributed by atoms with Gasteiger partial charge in [-0.3, -0.25) is 4.79 Å². The van der Waals surface area contributed by atoms with Crippen molar-refractivity contribution in [1.29, 1.82) is 0 Å². The highest BCUT2D eigenvalue weighted by molar-refractivity contribution is 7.89. The van der Waals surface area contributed by atoms with E-state index < -0.39 is 10.0 Å². The van der Waals surface area contributed by atoms with E-state index in [1.807, 2.05) is 30.3 Å². The summed E-state index contributed by atoms with van der Waals surface area (Å²) in [5.41, 5.74) is 1.44. The van der Waals surface area contributed by atoms with Gasteiger partial charge in [-0.1, -0.05) is 50.1 Å². The minimum Gasteiger partial charge on any atom is -0.348 e. The highest BCUT2D eigenvalue weighted by Gasteiger charge is 2.14. The van der Waals surface area contributed by atoms with E-state index in [1.54, 1.807) is 0 Å². The first kappa shape index (κ1) is 19.1. The van der Waals surface area contributed by atoms with Crippen LogP contribution in [0.2, 0.25) is 0 Å². The Labute approximate surface area is 149 Å². The molecule has 1 amide bonds. The predicted molar refractivity (Wildman–Crippen MR) is 98.8 cm³/mol. The molecule has 0 saturated carbocycles. The van der Waals surface area contributed by atoms with Gasteiger partial charge in [0.1, 0.15) is 0 Å². The van der Waals surface area contributed by atoms with Crippen LogP contribution < -0.4 is 10.0 Å². The van der Waals surface area contributed by atoms with Crippen LogP contribution in [0.25, 0.3) is 0 Å². The monoisotopic (exact) mass is 360 g/mol. The van der Waals surface area contributed by atoms with Crippen LogP contribution in [0, 0.1) is 0 Å². The van der Waals surface area contributed by atoms with Gasteiger partial charge in [-0.25, -0.2) is 13.1 Å². The van der Waals surface area contributed by atoms with Crippen LogP contribution in [-0.4, -0.2) is 20.9 Å². The smallest absolute Gasteiger partial charge is 0.251 e. The van der Waals surface area contributed by atoms with E-state index in [0.29, 0.717) is 18.7 Å². The van der Waals surface area contributed by atoms with E-state index in [9.17, 15) is 13.2 Å². The molecule has 0 aliphatic rings. The van der Waals surface area contributed by atoms with E-state index in [2.05, 4.69) is 17.0 Å². The van der Waals surface area contributed by atoms with Gasteiger partial charge < -0.3 is 5.32 Å². The molecule has 0 atom stereocenters. The minimum absolute atomic E-state index is 0.170. The summed E-state index contributed by atoms with van der Waals surface area (Å²) >= 11 is 0. The number of unbranched alkanes of at least 4 members (excludes halogenated alkanes) is 2. The van der Waals surface area contributed by atoms with Gasteiger partial charge in [0.25, 0.3) is 5.91 Å². The maximum Gasteiger partial charge on any atom is 0.251 e. The number of hydrogen-bond acceptors (Lipinski definition) is 3. The van der Waals surface area contributed by atoms with E-state index in [0.717, 1.165) is 24.8 Å². The second-order valence-electron chi connectivity index (χ2n) is 5.80. The van der Waals surface area contributed by atoms with Crippen LogP contribution in [0.1, 0.15) is 42.1 Å². The van der Waals surface area contributed by atoms with Crippen molar-refractivity contribution in [3.8, 4) is 0 Å². The van der Waals surface area contributed by atoms with Gasteiger partial charge in [0.05, 0.1) is 4.90 Å². The average molecular weight is 360 g/mol. The van der Waals surface area contributed by atoms with Gasteiger partial charge in [-0.2, -0.15) is 0 Å². The molecule has 5 nitrogen and oxygen atoms in total. The number of hydrogen-bond donors (Lipinski definition) is 2. The maximum atomic E-state index is 12.2. The first-order valence-electron chi connectivity index (χ1n) is 8.45. The first-order chi connectivity index (χ1) is 12.0. The van der Waals surface area contributed by atoms with E-state index in [-0.39, 0.29) is 10.8 Å². The van der Waals surface area contributed by atoms with Crippen LogP contribution >= 0.6 is 0 Å². The molecule has 2 N–H and O–H groups in total. The Morgan fingerprint density at radius 3 is 2.28 bits per heavy atom. The molecule has 0 fully saturated rings.